The highest BCUT2D eigenvalue weighted by molar-refractivity contribution is 7.97. The summed E-state index contributed by atoms with van der Waals surface area (Å²) in [6.07, 6.45) is 2.06. The minimum Gasteiger partial charge on any atom is -0.348 e. The molecule has 20 heavy (non-hydrogen) atoms. The Hall–Kier alpha value is -1.45. The van der Waals surface area contributed by atoms with Crippen LogP contribution in [0.5, 0.6) is 0 Å². The average Bonchev–Trinajstić information content (AvgIpc) is 2.47. The van der Waals surface area contributed by atoms with E-state index in [2.05, 4.69) is 11.6 Å². The van der Waals surface area contributed by atoms with E-state index in [1.807, 2.05) is 48.5 Å². The molecule has 0 aromatic heterocycles. The van der Waals surface area contributed by atoms with Gasteiger partial charge >= 0.3 is 0 Å². The normalized spacial score (nSPS) is 10.3. The molecule has 1 N–H and O–H groups in total. The summed E-state index contributed by atoms with van der Waals surface area (Å²) in [6.45, 7) is 0.436. The number of halogens is 1. The van der Waals surface area contributed by atoms with Gasteiger partial charge in [0.05, 0.1) is 0 Å². The lowest BCUT2D eigenvalue weighted by Crippen LogP contribution is -2.22. The van der Waals surface area contributed by atoms with E-state index < -0.39 is 0 Å². The third kappa shape index (κ3) is 4.02. The molecule has 0 bridgehead atoms. The Morgan fingerprint density at radius 1 is 1.15 bits per heavy atom. The van der Waals surface area contributed by atoms with E-state index in [9.17, 15) is 4.79 Å². The Balaban J connectivity index is 1.96. The fraction of sp³-hybridized carbons (Fsp3) is 0.188. The minimum absolute atomic E-state index is 0.0828. The van der Waals surface area contributed by atoms with Crippen LogP contribution in [0.25, 0.3) is 0 Å². The molecule has 0 radical (unpaired) electrons. The zero-order valence-corrected chi connectivity index (χ0v) is 12.8. The standard InChI is InChI=1S/C16H16ClNOS/c1-20-11-12-6-8-13(9-7-12)16(19)18-10-14-4-2-3-5-15(14)17/h2-9H,10-11H2,1H3,(H,18,19). The van der Waals surface area contributed by atoms with Gasteiger partial charge in [-0.3, -0.25) is 4.79 Å². The Morgan fingerprint density at radius 2 is 1.85 bits per heavy atom. The van der Waals surface area contributed by atoms with Gasteiger partial charge < -0.3 is 5.32 Å². The molecule has 0 saturated heterocycles. The third-order valence-corrected chi connectivity index (χ3v) is 3.92. The van der Waals surface area contributed by atoms with Crippen LogP contribution in [0.15, 0.2) is 48.5 Å². The molecule has 4 heteroatoms. The molecule has 0 atom stereocenters. The summed E-state index contributed by atoms with van der Waals surface area (Å²) in [4.78, 5) is 12.0. The first-order valence-corrected chi connectivity index (χ1v) is 8.07. The van der Waals surface area contributed by atoms with Crippen molar-refractivity contribution in [3.63, 3.8) is 0 Å². The van der Waals surface area contributed by atoms with Gasteiger partial charge in [0.25, 0.3) is 5.91 Å². The molecule has 2 nitrogen and oxygen atoms in total. The molecule has 2 rings (SSSR count). The molecule has 2 aromatic carbocycles. The smallest absolute Gasteiger partial charge is 0.251 e. The molecular weight excluding hydrogens is 290 g/mol. The van der Waals surface area contributed by atoms with Gasteiger partial charge in [0.15, 0.2) is 0 Å². The van der Waals surface area contributed by atoms with Crippen molar-refractivity contribution in [1.29, 1.82) is 0 Å². The monoisotopic (exact) mass is 305 g/mol. The fourth-order valence-corrected chi connectivity index (χ4v) is 2.57. The quantitative estimate of drug-likeness (QED) is 0.900. The van der Waals surface area contributed by atoms with Crippen LogP contribution in [0, 0.1) is 0 Å². The molecule has 104 valence electrons. The van der Waals surface area contributed by atoms with Gasteiger partial charge in [0.2, 0.25) is 0 Å². The van der Waals surface area contributed by atoms with Crippen molar-refractivity contribution in [3.05, 3.63) is 70.2 Å². The summed E-state index contributed by atoms with van der Waals surface area (Å²) in [5.41, 5.74) is 2.81. The maximum absolute atomic E-state index is 12.0. The zero-order valence-electron chi connectivity index (χ0n) is 11.2. The first kappa shape index (κ1) is 14.9. The Bertz CT molecular complexity index is 583. The highest BCUT2D eigenvalue weighted by Crippen LogP contribution is 2.15. The van der Waals surface area contributed by atoms with E-state index >= 15 is 0 Å². The predicted octanol–water partition coefficient (Wildman–Crippen LogP) is 4.13. The molecule has 0 spiro atoms. The molecule has 0 unspecified atom stereocenters. The molecule has 0 heterocycles. The number of thioether (sulfide) groups is 1. The summed E-state index contributed by atoms with van der Waals surface area (Å²) in [6, 6.07) is 15.2. The maximum atomic E-state index is 12.0. The van der Waals surface area contributed by atoms with E-state index in [0.29, 0.717) is 17.1 Å². The molecule has 0 aliphatic rings. The third-order valence-electron chi connectivity index (χ3n) is 2.92. The van der Waals surface area contributed by atoms with Crippen molar-refractivity contribution < 1.29 is 4.79 Å². The number of nitrogens with one attached hydrogen (secondary N) is 1. The summed E-state index contributed by atoms with van der Waals surface area (Å²) < 4.78 is 0. The lowest BCUT2D eigenvalue weighted by Gasteiger charge is -2.07. The second-order valence-electron chi connectivity index (χ2n) is 4.40. The van der Waals surface area contributed by atoms with Gasteiger partial charge in [0.1, 0.15) is 0 Å². The minimum atomic E-state index is -0.0828. The van der Waals surface area contributed by atoms with Crippen LogP contribution in [0.4, 0.5) is 0 Å². The lowest BCUT2D eigenvalue weighted by molar-refractivity contribution is 0.0951. The molecule has 0 saturated carbocycles. The van der Waals surface area contributed by atoms with Crippen LogP contribution in [-0.2, 0) is 12.3 Å². The van der Waals surface area contributed by atoms with Crippen LogP contribution in [0.3, 0.4) is 0 Å². The van der Waals surface area contributed by atoms with E-state index in [0.717, 1.165) is 11.3 Å². The number of carbonyl (C=O) groups excluding carboxylic acids is 1. The molecular formula is C16H16ClNOS. The van der Waals surface area contributed by atoms with Crippen LogP contribution in [-0.4, -0.2) is 12.2 Å². The number of hydrogen-bond donors (Lipinski definition) is 1. The molecule has 0 aliphatic carbocycles. The lowest BCUT2D eigenvalue weighted by atomic mass is 10.1. The Kier molecular flexibility index (Phi) is 5.50. The van der Waals surface area contributed by atoms with Crippen molar-refractivity contribution in [1.82, 2.24) is 5.32 Å². The highest BCUT2D eigenvalue weighted by Gasteiger charge is 2.06. The SMILES string of the molecule is CSCc1ccc(C(=O)NCc2ccccc2Cl)cc1. The van der Waals surface area contributed by atoms with Gasteiger partial charge in [-0.15, -0.1) is 0 Å². The van der Waals surface area contributed by atoms with Crippen LogP contribution in [0.1, 0.15) is 21.5 Å². The van der Waals surface area contributed by atoms with Crippen molar-refractivity contribution >= 4 is 29.3 Å². The van der Waals surface area contributed by atoms with E-state index in [4.69, 9.17) is 11.6 Å². The fourth-order valence-electron chi connectivity index (χ4n) is 1.84. The zero-order chi connectivity index (χ0) is 14.4. The molecule has 1 amide bonds. The average molecular weight is 306 g/mol. The number of carbonyl (C=O) groups is 1. The molecule has 0 fully saturated rings. The topological polar surface area (TPSA) is 29.1 Å². The van der Waals surface area contributed by atoms with Crippen LogP contribution < -0.4 is 5.32 Å². The Labute approximate surface area is 128 Å². The number of rotatable bonds is 5. The molecule has 0 aliphatic heterocycles. The highest BCUT2D eigenvalue weighted by atomic mass is 35.5. The van der Waals surface area contributed by atoms with Gasteiger partial charge in [-0.1, -0.05) is 41.9 Å². The first-order chi connectivity index (χ1) is 9.70. The predicted molar refractivity (Wildman–Crippen MR) is 86.3 cm³/mol. The van der Waals surface area contributed by atoms with Crippen molar-refractivity contribution in [2.75, 3.05) is 6.26 Å². The first-order valence-electron chi connectivity index (χ1n) is 6.30. The van der Waals surface area contributed by atoms with Gasteiger partial charge in [-0.25, -0.2) is 0 Å². The molecule has 2 aromatic rings. The van der Waals surface area contributed by atoms with E-state index in [1.165, 1.54) is 5.56 Å². The Morgan fingerprint density at radius 3 is 2.50 bits per heavy atom. The second kappa shape index (κ2) is 7.36. The maximum Gasteiger partial charge on any atom is 0.251 e. The van der Waals surface area contributed by atoms with E-state index in [1.54, 1.807) is 11.8 Å². The number of hydrogen-bond acceptors (Lipinski definition) is 2. The van der Waals surface area contributed by atoms with Gasteiger partial charge in [-0.2, -0.15) is 11.8 Å². The summed E-state index contributed by atoms with van der Waals surface area (Å²) in [7, 11) is 0. The van der Waals surface area contributed by atoms with Crippen LogP contribution in [0.2, 0.25) is 5.02 Å². The van der Waals surface area contributed by atoms with Crippen molar-refractivity contribution in [2.24, 2.45) is 0 Å². The van der Waals surface area contributed by atoms with Crippen molar-refractivity contribution in [2.45, 2.75) is 12.3 Å². The number of amides is 1. The summed E-state index contributed by atoms with van der Waals surface area (Å²) >= 11 is 7.82. The summed E-state index contributed by atoms with van der Waals surface area (Å²) in [5.74, 6) is 0.877. The van der Waals surface area contributed by atoms with Gasteiger partial charge in [0, 0.05) is 22.9 Å². The second-order valence-corrected chi connectivity index (χ2v) is 5.68. The number of benzene rings is 2. The van der Waals surface area contributed by atoms with Crippen molar-refractivity contribution in [3.8, 4) is 0 Å². The van der Waals surface area contributed by atoms with E-state index in [-0.39, 0.29) is 5.91 Å². The summed E-state index contributed by atoms with van der Waals surface area (Å²) in [5, 5.41) is 3.55. The van der Waals surface area contributed by atoms with Gasteiger partial charge in [-0.05, 0) is 35.6 Å². The van der Waals surface area contributed by atoms with Crippen LogP contribution >= 0.6 is 23.4 Å². The largest absolute Gasteiger partial charge is 0.348 e.